The molecule has 0 bridgehead atoms. The lowest BCUT2D eigenvalue weighted by Gasteiger charge is -2.35. The third-order valence-electron chi connectivity index (χ3n) is 12.1. The van der Waals surface area contributed by atoms with Gasteiger partial charge in [-0.05, 0) is 95.2 Å². The van der Waals surface area contributed by atoms with Gasteiger partial charge in [0.2, 0.25) is 0 Å². The molecule has 6 atom stereocenters. The Hall–Kier alpha value is -5.68. The van der Waals surface area contributed by atoms with E-state index in [1.54, 1.807) is 0 Å². The molecular formula is C49H46N4O. The summed E-state index contributed by atoms with van der Waals surface area (Å²) in [4.78, 5) is 13.0. The largest absolute Gasteiger partial charge is 0.485 e. The first-order chi connectivity index (χ1) is 26.4. The number of likely N-dealkylation sites (N-methyl/N-ethyl adjacent to an activating group) is 1. The highest BCUT2D eigenvalue weighted by molar-refractivity contribution is 6.15. The van der Waals surface area contributed by atoms with Crippen molar-refractivity contribution in [3.05, 3.63) is 167 Å². The molecular weight excluding hydrogens is 661 g/mol. The number of amidine groups is 2. The monoisotopic (exact) mass is 706 g/mol. The molecule has 0 spiro atoms. The second-order valence-corrected chi connectivity index (χ2v) is 16.0. The van der Waals surface area contributed by atoms with E-state index in [1.165, 1.54) is 49.8 Å². The van der Waals surface area contributed by atoms with Crippen molar-refractivity contribution < 1.29 is 4.74 Å². The van der Waals surface area contributed by atoms with Gasteiger partial charge in [-0.1, -0.05) is 124 Å². The van der Waals surface area contributed by atoms with Gasteiger partial charge in [-0.3, -0.25) is 0 Å². The summed E-state index contributed by atoms with van der Waals surface area (Å²) < 4.78 is 9.39. The Kier molecular flexibility index (Phi) is 7.94. The van der Waals surface area contributed by atoms with E-state index in [1.807, 2.05) is 0 Å². The number of hydrogen-bond acceptors (Lipinski definition) is 4. The molecule has 6 aliphatic rings. The molecule has 0 N–H and O–H groups in total. The first kappa shape index (κ1) is 32.9. The second-order valence-electron chi connectivity index (χ2n) is 16.0. The van der Waals surface area contributed by atoms with Crippen LogP contribution in [0, 0.1) is 23.7 Å². The van der Waals surface area contributed by atoms with E-state index in [4.69, 9.17) is 14.7 Å². The predicted octanol–water partition coefficient (Wildman–Crippen LogP) is 11.4. The van der Waals surface area contributed by atoms with Gasteiger partial charge in [0.1, 0.15) is 23.9 Å². The molecule has 1 aromatic heterocycles. The van der Waals surface area contributed by atoms with Crippen LogP contribution in [0.5, 0.6) is 0 Å². The van der Waals surface area contributed by atoms with E-state index < -0.39 is 0 Å². The average molecular weight is 707 g/mol. The van der Waals surface area contributed by atoms with Crippen molar-refractivity contribution in [3.63, 3.8) is 0 Å². The van der Waals surface area contributed by atoms with E-state index in [-0.39, 0.29) is 18.2 Å². The highest BCUT2D eigenvalue weighted by atomic mass is 16.5. The summed E-state index contributed by atoms with van der Waals surface area (Å²) in [7, 11) is 2.13. The zero-order valence-corrected chi connectivity index (χ0v) is 31.5. The summed E-state index contributed by atoms with van der Waals surface area (Å²) >= 11 is 0. The Morgan fingerprint density at radius 2 is 1.63 bits per heavy atom. The summed E-state index contributed by atoms with van der Waals surface area (Å²) in [5.74, 6) is 4.13. The molecule has 3 aromatic carbocycles. The molecule has 4 aliphatic carbocycles. The van der Waals surface area contributed by atoms with E-state index in [9.17, 15) is 0 Å². The number of aliphatic imine (C=N–C) groups is 2. The maximum Gasteiger partial charge on any atom is 0.162 e. The number of benzene rings is 3. The van der Waals surface area contributed by atoms with Crippen LogP contribution < -0.4 is 0 Å². The minimum Gasteiger partial charge on any atom is -0.485 e. The van der Waals surface area contributed by atoms with Crippen LogP contribution in [0.3, 0.4) is 0 Å². The molecule has 0 fully saturated rings. The maximum atomic E-state index is 6.92. The number of hydrogen-bond donors (Lipinski definition) is 0. The van der Waals surface area contributed by atoms with E-state index in [2.05, 4.69) is 171 Å². The Balaban J connectivity index is 1.04. The molecule has 0 saturated carbocycles. The average Bonchev–Trinajstić information content (AvgIpc) is 3.73. The lowest BCUT2D eigenvalue weighted by molar-refractivity contribution is 0.172. The Labute approximate surface area is 318 Å². The van der Waals surface area contributed by atoms with Crippen molar-refractivity contribution in [3.8, 4) is 0 Å². The van der Waals surface area contributed by atoms with Gasteiger partial charge in [-0.15, -0.1) is 0 Å². The highest BCUT2D eigenvalue weighted by Gasteiger charge is 2.42. The molecule has 5 heteroatoms. The van der Waals surface area contributed by atoms with Gasteiger partial charge in [-0.2, -0.15) is 0 Å². The normalized spacial score (nSPS) is 27.5. The number of allylic oxidation sites excluding steroid dienone is 10. The zero-order valence-electron chi connectivity index (χ0n) is 31.5. The van der Waals surface area contributed by atoms with Gasteiger partial charge in [-0.25, -0.2) is 9.98 Å². The Morgan fingerprint density at radius 1 is 0.796 bits per heavy atom. The van der Waals surface area contributed by atoms with Crippen molar-refractivity contribution in [2.75, 3.05) is 7.05 Å². The second kappa shape index (κ2) is 13.0. The van der Waals surface area contributed by atoms with Gasteiger partial charge in [0.15, 0.2) is 5.84 Å². The maximum absolute atomic E-state index is 6.92. The SMILES string of the molecule is CC1C=CC=C(n2c3ccccc3c3cc(C4=CC5C6=C(OC5C=C4)C(C4=NC(c5ccccc5)N(C)C(C5=CC=CCC5C)=N4)=CC(C)C6)ccc32)C1. The topological polar surface area (TPSA) is 42.1 Å². The summed E-state index contributed by atoms with van der Waals surface area (Å²) in [5.41, 5.74) is 11.2. The van der Waals surface area contributed by atoms with Crippen LogP contribution in [0.1, 0.15) is 57.3 Å². The number of rotatable bonds is 5. The van der Waals surface area contributed by atoms with Crippen LogP contribution in [0.15, 0.2) is 166 Å². The fourth-order valence-electron chi connectivity index (χ4n) is 9.37. The van der Waals surface area contributed by atoms with Gasteiger partial charge in [0.05, 0.1) is 16.6 Å². The highest BCUT2D eigenvalue weighted by Crippen LogP contribution is 2.48. The number of fused-ring (bicyclic) bond motifs is 5. The first-order valence-corrected chi connectivity index (χ1v) is 19.7. The van der Waals surface area contributed by atoms with Crippen LogP contribution in [0.4, 0.5) is 0 Å². The zero-order chi connectivity index (χ0) is 36.5. The van der Waals surface area contributed by atoms with Crippen LogP contribution in [0.2, 0.25) is 0 Å². The summed E-state index contributed by atoms with van der Waals surface area (Å²) in [6.07, 6.45) is 25.6. The quantitative estimate of drug-likeness (QED) is 0.207. The standard InChI is InChI=1S/C49H46N4O/c1-30-13-12-17-36(25-30)53-43-20-11-10-19-38(43)39-28-34(21-23-44(39)53)35-22-24-45-40(29-35)41-26-31(2)27-42(46(41)54-45)47-50-48(33-15-6-5-7-16-33)52(4)49(51-47)37-18-9-8-14-32(37)3/h5-13,15-24,27-32,40,45,48H,14,25-26H2,1-4H3. The minimum absolute atomic E-state index is 0.0437. The van der Waals surface area contributed by atoms with Gasteiger partial charge in [0, 0.05) is 29.4 Å². The Morgan fingerprint density at radius 3 is 2.48 bits per heavy atom. The number of ether oxygens (including phenoxy) is 1. The van der Waals surface area contributed by atoms with E-state index >= 15 is 0 Å². The molecule has 2 aliphatic heterocycles. The first-order valence-electron chi connectivity index (χ1n) is 19.7. The van der Waals surface area contributed by atoms with Crippen LogP contribution in [0.25, 0.3) is 33.1 Å². The summed E-state index contributed by atoms with van der Waals surface area (Å²) in [5, 5.41) is 2.59. The Bertz CT molecular complexity index is 2530. The fraction of sp³-hybridized carbons (Fsp3) is 0.265. The molecule has 0 radical (unpaired) electrons. The molecule has 6 unspecified atom stereocenters. The molecule has 268 valence electrons. The molecule has 54 heavy (non-hydrogen) atoms. The van der Waals surface area contributed by atoms with Crippen LogP contribution in [-0.2, 0) is 4.74 Å². The molecule has 10 rings (SSSR count). The van der Waals surface area contributed by atoms with E-state index in [0.717, 1.165) is 47.8 Å². The predicted molar refractivity (Wildman–Crippen MR) is 224 cm³/mol. The number of nitrogens with zero attached hydrogens (tertiary/aromatic N) is 4. The van der Waals surface area contributed by atoms with Crippen molar-refractivity contribution in [1.82, 2.24) is 9.47 Å². The van der Waals surface area contributed by atoms with Crippen molar-refractivity contribution in [1.29, 1.82) is 0 Å². The smallest absolute Gasteiger partial charge is 0.162 e. The molecule has 0 amide bonds. The third-order valence-corrected chi connectivity index (χ3v) is 12.1. The van der Waals surface area contributed by atoms with Crippen molar-refractivity contribution >= 4 is 44.7 Å². The van der Waals surface area contributed by atoms with Gasteiger partial charge >= 0.3 is 0 Å². The summed E-state index contributed by atoms with van der Waals surface area (Å²) in [6, 6.07) is 26.5. The van der Waals surface area contributed by atoms with Gasteiger partial charge in [0.25, 0.3) is 0 Å². The lowest BCUT2D eigenvalue weighted by Crippen LogP contribution is -2.38. The lowest BCUT2D eigenvalue weighted by atomic mass is 9.79. The van der Waals surface area contributed by atoms with E-state index in [0.29, 0.717) is 17.8 Å². The molecule has 5 nitrogen and oxygen atoms in total. The molecule has 0 saturated heterocycles. The molecule has 3 heterocycles. The van der Waals surface area contributed by atoms with Gasteiger partial charge < -0.3 is 14.2 Å². The number of aromatic nitrogens is 1. The summed E-state index contributed by atoms with van der Waals surface area (Å²) in [6.45, 7) is 6.90. The minimum atomic E-state index is -0.180. The fourth-order valence-corrected chi connectivity index (χ4v) is 9.37. The van der Waals surface area contributed by atoms with Crippen molar-refractivity contribution in [2.45, 2.75) is 52.3 Å². The van der Waals surface area contributed by atoms with Crippen LogP contribution >= 0.6 is 0 Å². The number of para-hydroxylation sites is 1. The third kappa shape index (κ3) is 5.43. The van der Waals surface area contributed by atoms with Crippen molar-refractivity contribution in [2.24, 2.45) is 33.7 Å². The van der Waals surface area contributed by atoms with Crippen LogP contribution in [-0.4, -0.2) is 34.3 Å². The molecule has 4 aromatic rings.